The number of tetrazole rings is 1. The predicted octanol–water partition coefficient (Wildman–Crippen LogP) is 2.02. The molecule has 0 spiro atoms. The summed E-state index contributed by atoms with van der Waals surface area (Å²) in [5.41, 5.74) is 1.58. The quantitative estimate of drug-likeness (QED) is 0.523. The van der Waals surface area contributed by atoms with Crippen LogP contribution in [0, 0.1) is 13.8 Å². The lowest BCUT2D eigenvalue weighted by molar-refractivity contribution is -0.138. The van der Waals surface area contributed by atoms with Crippen molar-refractivity contribution in [1.82, 2.24) is 25.4 Å². The summed E-state index contributed by atoms with van der Waals surface area (Å²) in [4.78, 5) is 12.5. The summed E-state index contributed by atoms with van der Waals surface area (Å²) < 4.78 is 11.6. The number of rotatable bonds is 5. The van der Waals surface area contributed by atoms with E-state index in [4.69, 9.17) is 9.26 Å². The van der Waals surface area contributed by atoms with E-state index in [0.717, 1.165) is 5.56 Å². The Morgan fingerprint density at radius 2 is 2.08 bits per heavy atom. The smallest absolute Gasteiger partial charge is 0.357 e. The highest BCUT2D eigenvalue weighted by Crippen LogP contribution is 2.14. The molecular formula is C16H15N5O3. The maximum atomic E-state index is 12.5. The lowest BCUT2D eigenvalue weighted by Gasteiger charge is -2.08. The molecule has 0 aliphatic heterocycles. The molecule has 8 nitrogen and oxygen atoms in total. The van der Waals surface area contributed by atoms with Crippen molar-refractivity contribution in [2.75, 3.05) is 0 Å². The normalized spacial score (nSPS) is 11.5. The number of aryl methyl sites for hydroxylation is 2. The predicted molar refractivity (Wildman–Crippen MR) is 84.2 cm³/mol. The average Bonchev–Trinajstić information content (AvgIpc) is 3.19. The summed E-state index contributed by atoms with van der Waals surface area (Å²) in [5.74, 6) is 0.568. The number of hydrogen-bond acceptors (Lipinski definition) is 7. The lowest BCUT2D eigenvalue weighted by Crippen LogP contribution is -2.15. The largest absolute Gasteiger partial charge is 0.454 e. The third-order valence-electron chi connectivity index (χ3n) is 3.19. The van der Waals surface area contributed by atoms with E-state index in [2.05, 4.69) is 20.7 Å². The third-order valence-corrected chi connectivity index (χ3v) is 3.19. The second kappa shape index (κ2) is 6.86. The average molecular weight is 325 g/mol. The van der Waals surface area contributed by atoms with E-state index in [1.807, 2.05) is 30.3 Å². The van der Waals surface area contributed by atoms with Gasteiger partial charge in [0.15, 0.2) is 11.5 Å². The summed E-state index contributed by atoms with van der Waals surface area (Å²) in [6.07, 6.45) is 1.67. The molecule has 2 heterocycles. The first-order valence-corrected chi connectivity index (χ1v) is 7.25. The van der Waals surface area contributed by atoms with Gasteiger partial charge in [-0.25, -0.2) is 4.79 Å². The van der Waals surface area contributed by atoms with Gasteiger partial charge in [-0.3, -0.25) is 0 Å². The highest BCUT2D eigenvalue weighted by Gasteiger charge is 2.18. The van der Waals surface area contributed by atoms with Gasteiger partial charge in [-0.2, -0.15) is 4.68 Å². The fraction of sp³-hybridized carbons (Fsp3) is 0.188. The van der Waals surface area contributed by atoms with E-state index in [1.165, 1.54) is 4.68 Å². The van der Waals surface area contributed by atoms with E-state index >= 15 is 0 Å². The van der Waals surface area contributed by atoms with Gasteiger partial charge in [-0.05, 0) is 35.9 Å². The topological polar surface area (TPSA) is 95.9 Å². The van der Waals surface area contributed by atoms with Crippen LogP contribution in [0.3, 0.4) is 0 Å². The number of ether oxygens (including phenoxy) is 1. The number of aromatic nitrogens is 5. The molecule has 0 bridgehead atoms. The minimum atomic E-state index is -0.560. The molecule has 2 aromatic heterocycles. The highest BCUT2D eigenvalue weighted by molar-refractivity contribution is 6.15. The van der Waals surface area contributed by atoms with Crippen LogP contribution in [0.1, 0.15) is 22.8 Å². The number of nitrogens with zero attached hydrogens (tertiary/aromatic N) is 5. The Hall–Kier alpha value is -3.29. The molecule has 8 heteroatoms. The monoisotopic (exact) mass is 325 g/mol. The van der Waals surface area contributed by atoms with Crippen LogP contribution >= 0.6 is 0 Å². The highest BCUT2D eigenvalue weighted by atomic mass is 16.5. The first-order valence-electron chi connectivity index (χ1n) is 7.25. The molecule has 0 radical (unpaired) electrons. The zero-order chi connectivity index (χ0) is 16.9. The molecule has 0 unspecified atom stereocenters. The van der Waals surface area contributed by atoms with Gasteiger partial charge in [-0.15, -0.1) is 5.10 Å². The second-order valence-corrected chi connectivity index (χ2v) is 5.08. The van der Waals surface area contributed by atoms with Crippen molar-refractivity contribution in [2.45, 2.75) is 20.5 Å². The Morgan fingerprint density at radius 1 is 1.29 bits per heavy atom. The van der Waals surface area contributed by atoms with Gasteiger partial charge in [0.25, 0.3) is 0 Å². The fourth-order valence-electron chi connectivity index (χ4n) is 2.07. The van der Waals surface area contributed by atoms with E-state index in [1.54, 1.807) is 26.0 Å². The number of carbonyl (C=O) groups excluding carboxylic acids is 1. The van der Waals surface area contributed by atoms with E-state index in [0.29, 0.717) is 17.3 Å². The van der Waals surface area contributed by atoms with Gasteiger partial charge in [0.05, 0.1) is 0 Å². The van der Waals surface area contributed by atoms with Gasteiger partial charge < -0.3 is 9.26 Å². The van der Waals surface area contributed by atoms with Gasteiger partial charge in [0, 0.05) is 6.07 Å². The minimum absolute atomic E-state index is 0.00345. The molecule has 0 fully saturated rings. The van der Waals surface area contributed by atoms with E-state index in [9.17, 15) is 4.79 Å². The first-order chi connectivity index (χ1) is 11.6. The van der Waals surface area contributed by atoms with Crippen LogP contribution in [0.2, 0.25) is 0 Å². The fourth-order valence-corrected chi connectivity index (χ4v) is 2.07. The summed E-state index contributed by atoms with van der Waals surface area (Å²) in [7, 11) is 0. The van der Waals surface area contributed by atoms with Crippen LogP contribution in [-0.2, 0) is 16.1 Å². The van der Waals surface area contributed by atoms with Gasteiger partial charge in [0.1, 0.15) is 18.1 Å². The Labute approximate surface area is 137 Å². The standard InChI is InChI=1S/C16H15N5O3/c1-11-8-14(18-24-11)10-23-16(22)15(21-12(2)17-19-20-21)9-13-6-4-3-5-7-13/h3-9H,10H2,1-2H3/b15-9-. The van der Waals surface area contributed by atoms with Crippen LogP contribution in [0.15, 0.2) is 40.9 Å². The zero-order valence-electron chi connectivity index (χ0n) is 13.2. The molecule has 3 aromatic rings. The van der Waals surface area contributed by atoms with Crippen molar-refractivity contribution in [3.8, 4) is 0 Å². The van der Waals surface area contributed by atoms with Crippen LogP contribution in [0.25, 0.3) is 11.8 Å². The van der Waals surface area contributed by atoms with Gasteiger partial charge in [0.2, 0.25) is 0 Å². The van der Waals surface area contributed by atoms with Crippen molar-refractivity contribution in [3.63, 3.8) is 0 Å². The van der Waals surface area contributed by atoms with E-state index < -0.39 is 5.97 Å². The van der Waals surface area contributed by atoms with Crippen LogP contribution in [0.4, 0.5) is 0 Å². The molecule has 0 amide bonds. The molecule has 0 saturated carbocycles. The van der Waals surface area contributed by atoms with Crippen LogP contribution < -0.4 is 0 Å². The van der Waals surface area contributed by atoms with Gasteiger partial charge >= 0.3 is 5.97 Å². The van der Waals surface area contributed by atoms with Crippen LogP contribution in [0.5, 0.6) is 0 Å². The summed E-state index contributed by atoms with van der Waals surface area (Å²) in [5, 5.41) is 15.0. The molecule has 0 atom stereocenters. The van der Waals surface area contributed by atoms with Crippen molar-refractivity contribution < 1.29 is 14.1 Å². The third kappa shape index (κ3) is 3.54. The van der Waals surface area contributed by atoms with Crippen molar-refractivity contribution in [2.24, 2.45) is 0 Å². The minimum Gasteiger partial charge on any atom is -0.454 e. The number of hydrogen-bond donors (Lipinski definition) is 0. The summed E-state index contributed by atoms with van der Waals surface area (Å²) in [6, 6.07) is 11.1. The Kier molecular flexibility index (Phi) is 4.46. The van der Waals surface area contributed by atoms with Crippen LogP contribution in [-0.4, -0.2) is 31.3 Å². The molecule has 0 saturated heterocycles. The number of esters is 1. The molecule has 24 heavy (non-hydrogen) atoms. The number of benzene rings is 1. The molecule has 122 valence electrons. The van der Waals surface area contributed by atoms with Crippen molar-refractivity contribution >= 4 is 17.7 Å². The van der Waals surface area contributed by atoms with Crippen molar-refractivity contribution in [1.29, 1.82) is 0 Å². The van der Waals surface area contributed by atoms with Crippen molar-refractivity contribution in [3.05, 3.63) is 59.2 Å². The first kappa shape index (κ1) is 15.6. The molecule has 1 aromatic carbocycles. The summed E-state index contributed by atoms with van der Waals surface area (Å²) >= 11 is 0. The Morgan fingerprint density at radius 3 is 2.71 bits per heavy atom. The maximum absolute atomic E-state index is 12.5. The maximum Gasteiger partial charge on any atom is 0.357 e. The lowest BCUT2D eigenvalue weighted by atomic mass is 10.2. The Balaban J connectivity index is 1.85. The molecule has 0 aliphatic rings. The molecule has 0 aliphatic carbocycles. The zero-order valence-corrected chi connectivity index (χ0v) is 13.2. The SMILES string of the molecule is Cc1cc(COC(=O)/C(=C/c2ccccc2)n2nnnc2C)no1. The molecule has 3 rings (SSSR count). The molecule has 0 N–H and O–H groups in total. The molecular weight excluding hydrogens is 310 g/mol. The van der Waals surface area contributed by atoms with Gasteiger partial charge in [-0.1, -0.05) is 35.5 Å². The summed E-state index contributed by atoms with van der Waals surface area (Å²) in [6.45, 7) is 3.47. The Bertz CT molecular complexity index is 867. The van der Waals surface area contributed by atoms with E-state index in [-0.39, 0.29) is 12.3 Å². The number of carbonyl (C=O) groups is 1. The second-order valence-electron chi connectivity index (χ2n) is 5.08.